The van der Waals surface area contributed by atoms with Crippen LogP contribution >= 0.6 is 0 Å². The van der Waals surface area contributed by atoms with Crippen molar-refractivity contribution < 1.29 is 22.4 Å². The summed E-state index contributed by atoms with van der Waals surface area (Å²) in [5, 5.41) is 10.3. The topological polar surface area (TPSA) is 111 Å². The lowest BCUT2D eigenvalue weighted by atomic mass is 10.1. The SMILES string of the molecule is COc1ccc(S(=O)(=O)CCCC(=O)Nc2nnc(-c3ccc(C)c(C)c3)o2)cc1. The molecule has 2 aromatic carbocycles. The number of carbonyl (C=O) groups excluding carboxylic acids is 1. The van der Waals surface area contributed by atoms with E-state index in [9.17, 15) is 13.2 Å². The molecule has 0 aliphatic carbocycles. The number of anilines is 1. The molecule has 0 saturated heterocycles. The number of rotatable bonds is 8. The number of methoxy groups -OCH3 is 1. The Morgan fingerprint density at radius 1 is 1.07 bits per heavy atom. The summed E-state index contributed by atoms with van der Waals surface area (Å²) in [4.78, 5) is 12.3. The number of carbonyl (C=O) groups is 1. The van der Waals surface area contributed by atoms with Gasteiger partial charge in [0.2, 0.25) is 11.8 Å². The normalized spacial score (nSPS) is 11.3. The first kappa shape index (κ1) is 21.5. The molecule has 0 spiro atoms. The Balaban J connectivity index is 1.53. The van der Waals surface area contributed by atoms with Crippen molar-refractivity contribution in [3.63, 3.8) is 0 Å². The van der Waals surface area contributed by atoms with Gasteiger partial charge in [-0.2, -0.15) is 0 Å². The minimum Gasteiger partial charge on any atom is -0.497 e. The minimum absolute atomic E-state index is 0.0107. The lowest BCUT2D eigenvalue weighted by Crippen LogP contribution is -2.14. The number of aromatic nitrogens is 2. The van der Waals surface area contributed by atoms with Gasteiger partial charge < -0.3 is 9.15 Å². The van der Waals surface area contributed by atoms with E-state index >= 15 is 0 Å². The molecule has 0 aliphatic heterocycles. The van der Waals surface area contributed by atoms with Gasteiger partial charge in [0.05, 0.1) is 17.8 Å². The van der Waals surface area contributed by atoms with Crippen LogP contribution in [0.4, 0.5) is 6.01 Å². The first-order valence-corrected chi connectivity index (χ1v) is 11.0. The fraction of sp³-hybridized carbons (Fsp3) is 0.286. The van der Waals surface area contributed by atoms with Crippen molar-refractivity contribution >= 4 is 21.8 Å². The molecule has 0 bridgehead atoms. The van der Waals surface area contributed by atoms with Crippen molar-refractivity contribution in [3.05, 3.63) is 53.6 Å². The van der Waals surface area contributed by atoms with Crippen LogP contribution in [-0.2, 0) is 14.6 Å². The summed E-state index contributed by atoms with van der Waals surface area (Å²) < 4.78 is 35.3. The zero-order chi connectivity index (χ0) is 21.7. The molecule has 0 atom stereocenters. The second-order valence-corrected chi connectivity index (χ2v) is 8.97. The van der Waals surface area contributed by atoms with Crippen LogP contribution in [-0.4, -0.2) is 37.4 Å². The third-order valence-electron chi connectivity index (χ3n) is 4.66. The first-order chi connectivity index (χ1) is 14.3. The van der Waals surface area contributed by atoms with E-state index in [1.807, 2.05) is 32.0 Å². The highest BCUT2D eigenvalue weighted by Gasteiger charge is 2.16. The minimum atomic E-state index is -3.48. The molecule has 30 heavy (non-hydrogen) atoms. The van der Waals surface area contributed by atoms with Gasteiger partial charge in [-0.15, -0.1) is 5.10 Å². The van der Waals surface area contributed by atoms with Crippen LogP contribution in [0.15, 0.2) is 51.8 Å². The van der Waals surface area contributed by atoms with Crippen LogP contribution in [0.5, 0.6) is 5.75 Å². The summed E-state index contributed by atoms with van der Waals surface area (Å²) in [6.07, 6.45) is 0.176. The number of ether oxygens (including phenoxy) is 1. The van der Waals surface area contributed by atoms with Gasteiger partial charge in [-0.1, -0.05) is 11.2 Å². The second kappa shape index (κ2) is 9.08. The fourth-order valence-electron chi connectivity index (χ4n) is 2.77. The second-order valence-electron chi connectivity index (χ2n) is 6.86. The summed E-state index contributed by atoms with van der Waals surface area (Å²) in [7, 11) is -1.97. The van der Waals surface area contributed by atoms with Crippen LogP contribution in [0.1, 0.15) is 24.0 Å². The van der Waals surface area contributed by atoms with Crippen LogP contribution in [0.25, 0.3) is 11.5 Å². The zero-order valence-electron chi connectivity index (χ0n) is 17.0. The molecule has 1 N–H and O–H groups in total. The molecule has 9 heteroatoms. The quantitative estimate of drug-likeness (QED) is 0.583. The number of hydrogen-bond acceptors (Lipinski definition) is 7. The molecule has 1 heterocycles. The van der Waals surface area contributed by atoms with E-state index in [0.717, 1.165) is 16.7 Å². The summed E-state index contributed by atoms with van der Waals surface area (Å²) in [5.41, 5.74) is 3.00. The van der Waals surface area contributed by atoms with Gasteiger partial charge in [0.15, 0.2) is 9.84 Å². The Morgan fingerprint density at radius 2 is 1.80 bits per heavy atom. The molecule has 0 saturated carbocycles. The lowest BCUT2D eigenvalue weighted by molar-refractivity contribution is -0.116. The first-order valence-electron chi connectivity index (χ1n) is 9.36. The number of sulfone groups is 1. The predicted molar refractivity (Wildman–Crippen MR) is 112 cm³/mol. The highest BCUT2D eigenvalue weighted by atomic mass is 32.2. The van der Waals surface area contributed by atoms with Crippen molar-refractivity contribution in [1.82, 2.24) is 10.2 Å². The molecule has 0 radical (unpaired) electrons. The van der Waals surface area contributed by atoms with Crippen molar-refractivity contribution in [3.8, 4) is 17.2 Å². The van der Waals surface area contributed by atoms with Gasteiger partial charge in [0, 0.05) is 12.0 Å². The van der Waals surface area contributed by atoms with Gasteiger partial charge in [0.25, 0.3) is 0 Å². The van der Waals surface area contributed by atoms with Gasteiger partial charge in [-0.05, 0) is 67.8 Å². The van der Waals surface area contributed by atoms with E-state index in [-0.39, 0.29) is 29.5 Å². The molecule has 1 amide bonds. The Labute approximate surface area is 175 Å². The number of aryl methyl sites for hydroxylation is 2. The maximum Gasteiger partial charge on any atom is 0.322 e. The number of nitrogens with zero attached hydrogens (tertiary/aromatic N) is 2. The molecular weight excluding hydrogens is 406 g/mol. The summed E-state index contributed by atoms with van der Waals surface area (Å²) in [6.45, 7) is 3.99. The summed E-state index contributed by atoms with van der Waals surface area (Å²) in [6, 6.07) is 11.9. The smallest absolute Gasteiger partial charge is 0.322 e. The Hall–Kier alpha value is -3.20. The summed E-state index contributed by atoms with van der Waals surface area (Å²) >= 11 is 0. The zero-order valence-corrected chi connectivity index (χ0v) is 17.8. The van der Waals surface area contributed by atoms with E-state index in [1.165, 1.54) is 19.2 Å². The molecule has 0 fully saturated rings. The van der Waals surface area contributed by atoms with Crippen LogP contribution in [0, 0.1) is 13.8 Å². The molecule has 0 aliphatic rings. The molecule has 0 unspecified atom stereocenters. The van der Waals surface area contributed by atoms with Crippen molar-refractivity contribution in [2.24, 2.45) is 0 Å². The van der Waals surface area contributed by atoms with Gasteiger partial charge in [-0.25, -0.2) is 8.42 Å². The van der Waals surface area contributed by atoms with Crippen LogP contribution in [0.2, 0.25) is 0 Å². The number of hydrogen-bond donors (Lipinski definition) is 1. The largest absolute Gasteiger partial charge is 0.497 e. The number of nitrogens with one attached hydrogen (secondary N) is 1. The maximum atomic E-state index is 12.4. The lowest BCUT2D eigenvalue weighted by Gasteiger charge is -2.05. The molecular formula is C21H23N3O5S. The molecule has 8 nitrogen and oxygen atoms in total. The third kappa shape index (κ3) is 5.24. The van der Waals surface area contributed by atoms with Crippen molar-refractivity contribution in [2.45, 2.75) is 31.6 Å². The van der Waals surface area contributed by atoms with Gasteiger partial charge in [-0.3, -0.25) is 10.1 Å². The fourth-order valence-corrected chi connectivity index (χ4v) is 4.08. The van der Waals surface area contributed by atoms with Crippen molar-refractivity contribution in [2.75, 3.05) is 18.2 Å². The highest BCUT2D eigenvalue weighted by molar-refractivity contribution is 7.91. The van der Waals surface area contributed by atoms with E-state index in [4.69, 9.17) is 9.15 Å². The van der Waals surface area contributed by atoms with E-state index in [2.05, 4.69) is 15.5 Å². The molecule has 3 aromatic rings. The molecule has 1 aromatic heterocycles. The average molecular weight is 429 g/mol. The Morgan fingerprint density at radius 3 is 2.47 bits per heavy atom. The number of benzene rings is 2. The number of amides is 1. The van der Waals surface area contributed by atoms with E-state index < -0.39 is 15.7 Å². The van der Waals surface area contributed by atoms with E-state index in [0.29, 0.717) is 11.6 Å². The highest BCUT2D eigenvalue weighted by Crippen LogP contribution is 2.22. The molecule has 158 valence electrons. The van der Waals surface area contributed by atoms with Gasteiger partial charge >= 0.3 is 6.01 Å². The standard InChI is InChI=1S/C21H23N3O5S/c1-14-6-7-16(13-15(14)2)20-23-24-21(29-20)22-19(25)5-4-12-30(26,27)18-10-8-17(28-3)9-11-18/h6-11,13H,4-5,12H2,1-3H3,(H,22,24,25). The van der Waals surface area contributed by atoms with Crippen molar-refractivity contribution in [1.29, 1.82) is 0 Å². The van der Waals surface area contributed by atoms with Gasteiger partial charge in [0.1, 0.15) is 5.75 Å². The summed E-state index contributed by atoms with van der Waals surface area (Å²) in [5.74, 6) is 0.337. The predicted octanol–water partition coefficient (Wildman–Crippen LogP) is 3.55. The molecule has 3 rings (SSSR count). The Bertz CT molecular complexity index is 1140. The van der Waals surface area contributed by atoms with E-state index in [1.54, 1.807) is 12.1 Å². The average Bonchev–Trinajstić information content (AvgIpc) is 3.18. The monoisotopic (exact) mass is 429 g/mol. The maximum absolute atomic E-state index is 12.4. The van der Waals surface area contributed by atoms with Crippen LogP contribution in [0.3, 0.4) is 0 Å². The third-order valence-corrected chi connectivity index (χ3v) is 6.48. The van der Waals surface area contributed by atoms with Crippen LogP contribution < -0.4 is 10.1 Å². The Kier molecular flexibility index (Phi) is 6.51.